The summed E-state index contributed by atoms with van der Waals surface area (Å²) in [6.07, 6.45) is 6.26. The highest BCUT2D eigenvalue weighted by Crippen LogP contribution is 2.48. The number of nitrogens with one attached hydrogen (secondary N) is 1. The van der Waals surface area contributed by atoms with Crippen molar-refractivity contribution in [3.63, 3.8) is 0 Å². The SMILES string of the molecule is COC(=O)C1CC1c1ccc(-c2ccc(-c3cnn(C)c3Nc3cncc(C(C)C)n3)cc2)cc1. The number of hydrogen-bond donors (Lipinski definition) is 1. The number of aromatic nitrogens is 4. The molecule has 7 heteroatoms. The van der Waals surface area contributed by atoms with Crippen molar-refractivity contribution in [3.05, 3.63) is 78.4 Å². The van der Waals surface area contributed by atoms with Gasteiger partial charge in [0.05, 0.1) is 31.1 Å². The van der Waals surface area contributed by atoms with E-state index in [2.05, 4.69) is 82.8 Å². The Balaban J connectivity index is 1.34. The molecule has 1 aliphatic rings. The first kappa shape index (κ1) is 22.8. The van der Waals surface area contributed by atoms with Crippen molar-refractivity contribution in [2.24, 2.45) is 13.0 Å². The molecule has 1 fully saturated rings. The lowest BCUT2D eigenvalue weighted by Crippen LogP contribution is -2.04. The highest BCUT2D eigenvalue weighted by atomic mass is 16.5. The van der Waals surface area contributed by atoms with Crippen LogP contribution in [-0.4, -0.2) is 32.8 Å². The lowest BCUT2D eigenvalue weighted by molar-refractivity contribution is -0.142. The first-order chi connectivity index (χ1) is 16.9. The fourth-order valence-electron chi connectivity index (χ4n) is 4.38. The van der Waals surface area contributed by atoms with Crippen LogP contribution >= 0.6 is 0 Å². The lowest BCUT2D eigenvalue weighted by Gasteiger charge is -2.11. The summed E-state index contributed by atoms with van der Waals surface area (Å²) in [7, 11) is 3.36. The molecule has 2 aromatic carbocycles. The molecular weight excluding hydrogens is 438 g/mol. The van der Waals surface area contributed by atoms with Crippen LogP contribution < -0.4 is 5.32 Å². The minimum atomic E-state index is -0.112. The number of hydrogen-bond acceptors (Lipinski definition) is 6. The number of benzene rings is 2. The molecule has 0 amide bonds. The number of ether oxygens (including phenoxy) is 1. The van der Waals surface area contributed by atoms with Gasteiger partial charge in [-0.05, 0) is 40.5 Å². The number of nitrogens with zero attached hydrogens (tertiary/aromatic N) is 4. The minimum absolute atomic E-state index is 0.00579. The second kappa shape index (κ2) is 9.33. The van der Waals surface area contributed by atoms with Crippen molar-refractivity contribution in [2.75, 3.05) is 12.4 Å². The average Bonchev–Trinajstić information content (AvgIpc) is 3.61. The number of rotatable bonds is 7. The van der Waals surface area contributed by atoms with Gasteiger partial charge in [-0.15, -0.1) is 0 Å². The number of methoxy groups -OCH3 is 1. The third kappa shape index (κ3) is 4.67. The van der Waals surface area contributed by atoms with E-state index in [0.717, 1.165) is 40.2 Å². The Morgan fingerprint density at radius 1 is 1.00 bits per heavy atom. The van der Waals surface area contributed by atoms with Crippen molar-refractivity contribution in [2.45, 2.75) is 32.1 Å². The highest BCUT2D eigenvalue weighted by molar-refractivity contribution is 5.80. The van der Waals surface area contributed by atoms with Crippen LogP contribution in [0.4, 0.5) is 11.6 Å². The summed E-state index contributed by atoms with van der Waals surface area (Å²) < 4.78 is 6.68. The molecule has 0 saturated heterocycles. The third-order valence-corrected chi connectivity index (χ3v) is 6.59. The number of carbonyl (C=O) groups excluding carboxylic acids is 1. The topological polar surface area (TPSA) is 81.9 Å². The van der Waals surface area contributed by atoms with Crippen LogP contribution in [0, 0.1) is 5.92 Å². The van der Waals surface area contributed by atoms with Gasteiger partial charge in [0.1, 0.15) is 11.6 Å². The number of carbonyl (C=O) groups is 1. The molecule has 1 N–H and O–H groups in total. The van der Waals surface area contributed by atoms with Crippen LogP contribution in [0.25, 0.3) is 22.3 Å². The molecule has 2 aromatic heterocycles. The summed E-state index contributed by atoms with van der Waals surface area (Å²) in [5, 5.41) is 7.85. The zero-order valence-corrected chi connectivity index (χ0v) is 20.4. The fourth-order valence-corrected chi connectivity index (χ4v) is 4.38. The first-order valence-electron chi connectivity index (χ1n) is 11.8. The van der Waals surface area contributed by atoms with Crippen molar-refractivity contribution in [1.29, 1.82) is 0 Å². The highest BCUT2D eigenvalue weighted by Gasteiger charge is 2.44. The Hall–Kier alpha value is -4.00. The zero-order chi connectivity index (χ0) is 24.5. The average molecular weight is 468 g/mol. The molecule has 1 saturated carbocycles. The standard InChI is InChI=1S/C28H29N5O2/c1-17(2)25-15-29-16-26(31-25)32-27-24(14-30-33(27)3)21-11-7-19(8-12-21)18-5-9-20(10-6-18)22-13-23(22)28(34)35-4/h5-12,14-17,22-23H,13H2,1-4H3,(H,31,32). The molecule has 0 aliphatic heterocycles. The van der Waals surface area contributed by atoms with Crippen LogP contribution in [0.5, 0.6) is 0 Å². The van der Waals surface area contributed by atoms with Gasteiger partial charge in [0.15, 0.2) is 0 Å². The molecule has 0 bridgehead atoms. The van der Waals surface area contributed by atoms with Crippen molar-refractivity contribution >= 4 is 17.6 Å². The van der Waals surface area contributed by atoms with Crippen LogP contribution in [-0.2, 0) is 16.6 Å². The molecule has 1 aliphatic carbocycles. The van der Waals surface area contributed by atoms with Gasteiger partial charge in [0, 0.05) is 18.8 Å². The van der Waals surface area contributed by atoms with E-state index in [1.807, 2.05) is 17.9 Å². The third-order valence-electron chi connectivity index (χ3n) is 6.59. The Morgan fingerprint density at radius 3 is 2.31 bits per heavy atom. The number of esters is 1. The van der Waals surface area contributed by atoms with Gasteiger partial charge in [0.2, 0.25) is 0 Å². The second-order valence-electron chi connectivity index (χ2n) is 9.31. The molecule has 0 radical (unpaired) electrons. The van der Waals surface area contributed by atoms with Gasteiger partial charge in [-0.2, -0.15) is 5.10 Å². The normalized spacial score (nSPS) is 16.8. The second-order valence-corrected chi connectivity index (χ2v) is 9.31. The summed E-state index contributed by atoms with van der Waals surface area (Å²) in [5.74, 6) is 2.03. The Bertz CT molecular complexity index is 1340. The van der Waals surface area contributed by atoms with Crippen LogP contribution in [0.15, 0.2) is 67.1 Å². The predicted octanol–water partition coefficient (Wildman–Crippen LogP) is 5.69. The molecule has 2 unspecified atom stereocenters. The van der Waals surface area contributed by atoms with Gasteiger partial charge < -0.3 is 10.1 Å². The summed E-state index contributed by atoms with van der Waals surface area (Å²) in [6, 6.07) is 16.9. The zero-order valence-electron chi connectivity index (χ0n) is 20.4. The van der Waals surface area contributed by atoms with Crippen molar-refractivity contribution in [3.8, 4) is 22.3 Å². The molecule has 4 aromatic rings. The van der Waals surface area contributed by atoms with Gasteiger partial charge in [-0.3, -0.25) is 14.5 Å². The fraction of sp³-hybridized carbons (Fsp3) is 0.286. The van der Waals surface area contributed by atoms with E-state index >= 15 is 0 Å². The Labute approximate surface area is 205 Å². The molecule has 178 valence electrons. The van der Waals surface area contributed by atoms with E-state index < -0.39 is 0 Å². The minimum Gasteiger partial charge on any atom is -0.469 e. The van der Waals surface area contributed by atoms with Gasteiger partial charge in [-0.1, -0.05) is 62.4 Å². The van der Waals surface area contributed by atoms with E-state index in [1.165, 1.54) is 12.7 Å². The maximum absolute atomic E-state index is 11.7. The largest absolute Gasteiger partial charge is 0.469 e. The van der Waals surface area contributed by atoms with Gasteiger partial charge >= 0.3 is 5.97 Å². The van der Waals surface area contributed by atoms with Crippen LogP contribution in [0.3, 0.4) is 0 Å². The molecule has 5 rings (SSSR count). The summed E-state index contributed by atoms with van der Waals surface area (Å²) in [4.78, 5) is 20.7. The molecule has 7 nitrogen and oxygen atoms in total. The van der Waals surface area contributed by atoms with E-state index in [4.69, 9.17) is 4.74 Å². The Morgan fingerprint density at radius 2 is 1.66 bits per heavy atom. The summed E-state index contributed by atoms with van der Waals surface area (Å²) >= 11 is 0. The first-order valence-corrected chi connectivity index (χ1v) is 11.8. The molecular formula is C28H29N5O2. The monoisotopic (exact) mass is 467 g/mol. The number of aryl methyl sites for hydroxylation is 1. The summed E-state index contributed by atoms with van der Waals surface area (Å²) in [6.45, 7) is 4.20. The van der Waals surface area contributed by atoms with E-state index in [0.29, 0.717) is 11.7 Å². The molecule has 2 heterocycles. The maximum Gasteiger partial charge on any atom is 0.309 e. The van der Waals surface area contributed by atoms with Crippen LogP contribution in [0.1, 0.15) is 43.4 Å². The van der Waals surface area contributed by atoms with Crippen molar-refractivity contribution < 1.29 is 9.53 Å². The molecule has 35 heavy (non-hydrogen) atoms. The number of anilines is 2. The smallest absolute Gasteiger partial charge is 0.309 e. The van der Waals surface area contributed by atoms with Crippen LogP contribution in [0.2, 0.25) is 0 Å². The summed E-state index contributed by atoms with van der Waals surface area (Å²) in [5.41, 5.74) is 6.46. The molecule has 0 spiro atoms. The van der Waals surface area contributed by atoms with E-state index in [-0.39, 0.29) is 17.8 Å². The Kier molecular flexibility index (Phi) is 6.07. The maximum atomic E-state index is 11.7. The predicted molar refractivity (Wildman–Crippen MR) is 136 cm³/mol. The van der Waals surface area contributed by atoms with E-state index in [9.17, 15) is 4.79 Å². The van der Waals surface area contributed by atoms with E-state index in [1.54, 1.807) is 12.4 Å². The van der Waals surface area contributed by atoms with Gasteiger partial charge in [-0.25, -0.2) is 4.98 Å². The molecule has 2 atom stereocenters. The van der Waals surface area contributed by atoms with Gasteiger partial charge in [0.25, 0.3) is 0 Å². The van der Waals surface area contributed by atoms with Crippen molar-refractivity contribution in [1.82, 2.24) is 19.7 Å². The lowest BCUT2D eigenvalue weighted by atomic mass is 9.99. The quantitative estimate of drug-likeness (QED) is 0.352.